The summed E-state index contributed by atoms with van der Waals surface area (Å²) in [6.45, 7) is 1.93. The first-order valence-corrected chi connectivity index (χ1v) is 7.48. The maximum absolute atomic E-state index is 12.4. The minimum atomic E-state index is -0.852. The van der Waals surface area contributed by atoms with Crippen LogP contribution in [-0.4, -0.2) is 28.9 Å². The Morgan fingerprint density at radius 1 is 1.33 bits per heavy atom. The molecule has 0 aliphatic heterocycles. The molecule has 1 saturated carbocycles. The normalized spacial score (nSPS) is 17.7. The number of aliphatic carboxylic acids is 1. The lowest BCUT2D eigenvalue weighted by Gasteiger charge is -2.38. The van der Waals surface area contributed by atoms with Gasteiger partial charge in [0.2, 0.25) is 5.91 Å². The van der Waals surface area contributed by atoms with Crippen molar-refractivity contribution in [3.8, 4) is 0 Å². The Labute approximate surface area is 129 Å². The lowest BCUT2D eigenvalue weighted by atomic mass is 9.66. The van der Waals surface area contributed by atoms with Crippen molar-refractivity contribution in [3.05, 3.63) is 34.9 Å². The molecule has 1 fully saturated rings. The molecular weight excluding hydrogens is 290 g/mol. The maximum atomic E-state index is 12.4. The number of hydrogen-bond donors (Lipinski definition) is 1. The second kappa shape index (κ2) is 6.06. The number of hydrogen-bond acceptors (Lipinski definition) is 2. The van der Waals surface area contributed by atoms with Gasteiger partial charge in [-0.25, -0.2) is 0 Å². The Bertz CT molecular complexity index is 537. The summed E-state index contributed by atoms with van der Waals surface area (Å²) in [7, 11) is 1.72. The van der Waals surface area contributed by atoms with E-state index in [9.17, 15) is 14.7 Å². The van der Waals surface area contributed by atoms with Gasteiger partial charge in [0.1, 0.15) is 0 Å². The molecular formula is C16H20ClNO3. The molecule has 21 heavy (non-hydrogen) atoms. The molecule has 1 aromatic rings. The maximum Gasteiger partial charge on any atom is 0.310 e. The standard InChI is InChI=1S/C16H20ClNO3/c1-11(12-4-6-13(17)7-5-12)18(2)14(19)10-16(15(20)21)8-3-9-16/h4-7,11H,3,8-10H2,1-2H3,(H,20,21). The molecule has 0 aromatic heterocycles. The smallest absolute Gasteiger partial charge is 0.310 e. The third-order valence-corrected chi connectivity index (χ3v) is 4.83. The van der Waals surface area contributed by atoms with Crippen molar-refractivity contribution >= 4 is 23.5 Å². The fourth-order valence-corrected chi connectivity index (χ4v) is 2.79. The molecule has 0 heterocycles. The van der Waals surface area contributed by atoms with Crippen molar-refractivity contribution in [2.75, 3.05) is 7.05 Å². The second-order valence-corrected chi connectivity index (χ2v) is 6.28. The van der Waals surface area contributed by atoms with E-state index >= 15 is 0 Å². The van der Waals surface area contributed by atoms with E-state index < -0.39 is 11.4 Å². The lowest BCUT2D eigenvalue weighted by molar-refractivity contribution is -0.159. The highest BCUT2D eigenvalue weighted by atomic mass is 35.5. The summed E-state index contributed by atoms with van der Waals surface area (Å²) in [6.07, 6.45) is 2.15. The van der Waals surface area contributed by atoms with Crippen LogP contribution < -0.4 is 0 Å². The van der Waals surface area contributed by atoms with Crippen LogP contribution in [0.4, 0.5) is 0 Å². The zero-order valence-corrected chi connectivity index (χ0v) is 13.1. The number of benzene rings is 1. The number of halogens is 1. The number of carboxylic acid groups (broad SMARTS) is 1. The van der Waals surface area contributed by atoms with E-state index in [-0.39, 0.29) is 18.4 Å². The predicted molar refractivity (Wildman–Crippen MR) is 81.2 cm³/mol. The van der Waals surface area contributed by atoms with Gasteiger partial charge in [0.15, 0.2) is 0 Å². The van der Waals surface area contributed by atoms with Crippen LogP contribution >= 0.6 is 11.6 Å². The zero-order chi connectivity index (χ0) is 15.6. The zero-order valence-electron chi connectivity index (χ0n) is 12.3. The van der Waals surface area contributed by atoms with Crippen LogP contribution in [0.25, 0.3) is 0 Å². The minimum Gasteiger partial charge on any atom is -0.481 e. The molecule has 1 amide bonds. The highest BCUT2D eigenvalue weighted by molar-refractivity contribution is 6.30. The lowest BCUT2D eigenvalue weighted by Crippen LogP contribution is -2.43. The Morgan fingerprint density at radius 3 is 2.33 bits per heavy atom. The molecule has 114 valence electrons. The summed E-state index contributed by atoms with van der Waals surface area (Å²) < 4.78 is 0. The molecule has 1 atom stereocenters. The van der Waals surface area contributed by atoms with Crippen molar-refractivity contribution in [1.29, 1.82) is 0 Å². The van der Waals surface area contributed by atoms with Crippen LogP contribution in [0, 0.1) is 5.41 Å². The summed E-state index contributed by atoms with van der Waals surface area (Å²) in [4.78, 5) is 25.3. The van der Waals surface area contributed by atoms with Crippen molar-refractivity contribution in [2.24, 2.45) is 5.41 Å². The molecule has 0 radical (unpaired) electrons. The van der Waals surface area contributed by atoms with Crippen molar-refractivity contribution < 1.29 is 14.7 Å². The van der Waals surface area contributed by atoms with Crippen molar-refractivity contribution in [3.63, 3.8) is 0 Å². The third kappa shape index (κ3) is 3.21. The molecule has 1 unspecified atom stereocenters. The molecule has 0 bridgehead atoms. The molecule has 1 aliphatic rings. The van der Waals surface area contributed by atoms with Gasteiger partial charge in [-0.05, 0) is 37.5 Å². The van der Waals surface area contributed by atoms with Crippen LogP contribution in [0.15, 0.2) is 24.3 Å². The van der Waals surface area contributed by atoms with E-state index in [0.29, 0.717) is 17.9 Å². The van der Waals surface area contributed by atoms with Gasteiger partial charge >= 0.3 is 5.97 Å². The topological polar surface area (TPSA) is 57.6 Å². The molecule has 1 aromatic carbocycles. The largest absolute Gasteiger partial charge is 0.481 e. The monoisotopic (exact) mass is 309 g/mol. The van der Waals surface area contributed by atoms with Gasteiger partial charge < -0.3 is 10.0 Å². The molecule has 1 aliphatic carbocycles. The van der Waals surface area contributed by atoms with Crippen LogP contribution in [-0.2, 0) is 9.59 Å². The number of amides is 1. The van der Waals surface area contributed by atoms with Crippen LogP contribution in [0.3, 0.4) is 0 Å². The second-order valence-electron chi connectivity index (χ2n) is 5.85. The Hall–Kier alpha value is -1.55. The number of carboxylic acids is 1. The van der Waals surface area contributed by atoms with Gasteiger partial charge in [0.05, 0.1) is 11.5 Å². The number of carbonyl (C=O) groups is 2. The molecule has 4 nitrogen and oxygen atoms in total. The fraction of sp³-hybridized carbons (Fsp3) is 0.500. The number of nitrogens with zero attached hydrogens (tertiary/aromatic N) is 1. The summed E-state index contributed by atoms with van der Waals surface area (Å²) >= 11 is 5.86. The average molecular weight is 310 g/mol. The van der Waals surface area contributed by atoms with Crippen molar-refractivity contribution in [1.82, 2.24) is 4.90 Å². The Morgan fingerprint density at radius 2 is 1.90 bits per heavy atom. The Balaban J connectivity index is 2.05. The molecule has 2 rings (SSSR count). The average Bonchev–Trinajstić information content (AvgIpc) is 2.41. The predicted octanol–water partition coefficient (Wildman–Crippen LogP) is 3.50. The van der Waals surface area contributed by atoms with E-state index in [4.69, 9.17) is 11.6 Å². The van der Waals surface area contributed by atoms with E-state index in [0.717, 1.165) is 12.0 Å². The fourth-order valence-electron chi connectivity index (χ4n) is 2.66. The van der Waals surface area contributed by atoms with E-state index in [1.165, 1.54) is 0 Å². The summed E-state index contributed by atoms with van der Waals surface area (Å²) in [5.74, 6) is -0.978. The summed E-state index contributed by atoms with van der Waals surface area (Å²) in [5, 5.41) is 9.97. The van der Waals surface area contributed by atoms with Crippen LogP contribution in [0.1, 0.15) is 44.2 Å². The van der Waals surface area contributed by atoms with E-state index in [1.54, 1.807) is 24.1 Å². The van der Waals surface area contributed by atoms with Crippen molar-refractivity contribution in [2.45, 2.75) is 38.6 Å². The first kappa shape index (κ1) is 15.8. The Kier molecular flexibility index (Phi) is 4.57. The van der Waals surface area contributed by atoms with Gasteiger partial charge in [0.25, 0.3) is 0 Å². The van der Waals surface area contributed by atoms with E-state index in [1.807, 2.05) is 19.1 Å². The highest BCUT2D eigenvalue weighted by Crippen LogP contribution is 2.44. The van der Waals surface area contributed by atoms with Gasteiger partial charge in [-0.15, -0.1) is 0 Å². The third-order valence-electron chi connectivity index (χ3n) is 4.58. The molecule has 0 spiro atoms. The SMILES string of the molecule is CC(c1ccc(Cl)cc1)N(C)C(=O)CC1(C(=O)O)CCC1. The first-order chi connectivity index (χ1) is 9.85. The van der Waals surface area contributed by atoms with Gasteiger partial charge in [-0.3, -0.25) is 9.59 Å². The number of rotatable bonds is 5. The molecule has 0 saturated heterocycles. The highest BCUT2D eigenvalue weighted by Gasteiger charge is 2.46. The van der Waals surface area contributed by atoms with Gasteiger partial charge in [-0.1, -0.05) is 30.2 Å². The quantitative estimate of drug-likeness (QED) is 0.905. The van der Waals surface area contributed by atoms with Gasteiger partial charge in [0, 0.05) is 18.5 Å². The van der Waals surface area contributed by atoms with E-state index in [2.05, 4.69) is 0 Å². The number of carbonyl (C=O) groups excluding carboxylic acids is 1. The molecule has 5 heteroatoms. The van der Waals surface area contributed by atoms with Crippen LogP contribution in [0.2, 0.25) is 5.02 Å². The first-order valence-electron chi connectivity index (χ1n) is 7.10. The summed E-state index contributed by atoms with van der Waals surface area (Å²) in [5.41, 5.74) is 0.138. The molecule has 1 N–H and O–H groups in total. The van der Waals surface area contributed by atoms with Crippen LogP contribution in [0.5, 0.6) is 0 Å². The minimum absolute atomic E-state index is 0.0801. The van der Waals surface area contributed by atoms with Gasteiger partial charge in [-0.2, -0.15) is 0 Å². The summed E-state index contributed by atoms with van der Waals surface area (Å²) in [6, 6.07) is 7.23.